The summed E-state index contributed by atoms with van der Waals surface area (Å²) in [6.45, 7) is 4.11. The summed E-state index contributed by atoms with van der Waals surface area (Å²) in [5.41, 5.74) is 1.63. The Balaban J connectivity index is 2.92. The average molecular weight is 295 g/mol. The standard InChI is InChI=1S/C15H21NO3S/c1-11(2)8-16(9-14(17)18)15(19)13-6-4-5-12(7-13)10-20-3/h4-7,11H,8-10H2,1-3H3,(H,17,18). The molecule has 110 valence electrons. The minimum absolute atomic E-state index is 0.218. The van der Waals surface area contributed by atoms with Gasteiger partial charge < -0.3 is 10.0 Å². The molecule has 1 N–H and O–H groups in total. The van der Waals surface area contributed by atoms with Gasteiger partial charge in [-0.3, -0.25) is 9.59 Å². The van der Waals surface area contributed by atoms with E-state index < -0.39 is 5.97 Å². The highest BCUT2D eigenvalue weighted by Crippen LogP contribution is 2.14. The van der Waals surface area contributed by atoms with Crippen molar-refractivity contribution in [2.75, 3.05) is 19.3 Å². The van der Waals surface area contributed by atoms with Gasteiger partial charge in [0.2, 0.25) is 0 Å². The summed E-state index contributed by atoms with van der Waals surface area (Å²) < 4.78 is 0. The van der Waals surface area contributed by atoms with Gasteiger partial charge in [0.05, 0.1) is 0 Å². The Labute approximate surface area is 124 Å². The molecule has 0 aliphatic rings. The quantitative estimate of drug-likeness (QED) is 0.840. The number of carbonyl (C=O) groups is 2. The third-order valence-corrected chi connectivity index (χ3v) is 3.31. The normalized spacial score (nSPS) is 10.6. The Morgan fingerprint density at radius 2 is 2.05 bits per heavy atom. The van der Waals surface area contributed by atoms with Crippen molar-refractivity contribution in [2.45, 2.75) is 19.6 Å². The largest absolute Gasteiger partial charge is 0.480 e. The first-order valence-electron chi connectivity index (χ1n) is 6.53. The number of nitrogens with zero attached hydrogens (tertiary/aromatic N) is 1. The molecule has 0 radical (unpaired) electrons. The molecule has 0 unspecified atom stereocenters. The van der Waals surface area contributed by atoms with Crippen molar-refractivity contribution in [3.8, 4) is 0 Å². The number of amides is 1. The number of rotatable bonds is 7. The topological polar surface area (TPSA) is 57.6 Å². The zero-order chi connectivity index (χ0) is 15.1. The highest BCUT2D eigenvalue weighted by molar-refractivity contribution is 7.97. The van der Waals surface area contributed by atoms with E-state index in [2.05, 4.69) is 0 Å². The molecule has 0 spiro atoms. The minimum atomic E-state index is -0.987. The second kappa shape index (κ2) is 7.94. The van der Waals surface area contributed by atoms with Gasteiger partial charge in [-0.25, -0.2) is 0 Å². The highest BCUT2D eigenvalue weighted by Gasteiger charge is 2.19. The van der Waals surface area contributed by atoms with Crippen LogP contribution in [0.4, 0.5) is 0 Å². The highest BCUT2D eigenvalue weighted by atomic mass is 32.2. The number of aliphatic carboxylic acids is 1. The first-order chi connectivity index (χ1) is 9.43. The molecule has 0 saturated heterocycles. The molecule has 1 amide bonds. The van der Waals surface area contributed by atoms with Crippen LogP contribution in [0.25, 0.3) is 0 Å². The van der Waals surface area contributed by atoms with Crippen LogP contribution in [0.5, 0.6) is 0 Å². The van der Waals surface area contributed by atoms with Crippen LogP contribution < -0.4 is 0 Å². The van der Waals surface area contributed by atoms with Gasteiger partial charge in [0.25, 0.3) is 5.91 Å². The molecule has 0 aliphatic heterocycles. The molecular formula is C15H21NO3S. The van der Waals surface area contributed by atoms with E-state index in [9.17, 15) is 9.59 Å². The number of benzene rings is 1. The molecule has 1 aromatic rings. The van der Waals surface area contributed by atoms with Crippen LogP contribution in [0.3, 0.4) is 0 Å². The van der Waals surface area contributed by atoms with Crippen LogP contribution in [-0.4, -0.2) is 41.2 Å². The lowest BCUT2D eigenvalue weighted by atomic mass is 10.1. The molecule has 0 heterocycles. The Morgan fingerprint density at radius 3 is 2.60 bits per heavy atom. The Bertz CT molecular complexity index is 474. The van der Waals surface area contributed by atoms with Gasteiger partial charge >= 0.3 is 5.97 Å². The van der Waals surface area contributed by atoms with E-state index in [1.165, 1.54) is 4.90 Å². The van der Waals surface area contributed by atoms with Crippen LogP contribution in [0.2, 0.25) is 0 Å². The fourth-order valence-electron chi connectivity index (χ4n) is 1.97. The lowest BCUT2D eigenvalue weighted by molar-refractivity contribution is -0.137. The summed E-state index contributed by atoms with van der Waals surface area (Å²) >= 11 is 1.69. The van der Waals surface area contributed by atoms with E-state index in [1.54, 1.807) is 17.8 Å². The number of carboxylic acids is 1. The smallest absolute Gasteiger partial charge is 0.323 e. The van der Waals surface area contributed by atoms with Gasteiger partial charge in [-0.05, 0) is 29.9 Å². The molecule has 0 bridgehead atoms. The summed E-state index contributed by atoms with van der Waals surface area (Å²) in [7, 11) is 0. The van der Waals surface area contributed by atoms with E-state index in [0.29, 0.717) is 12.1 Å². The first kappa shape index (κ1) is 16.6. The second-order valence-electron chi connectivity index (χ2n) is 5.11. The summed E-state index contributed by atoms with van der Waals surface area (Å²) in [5.74, 6) is -0.138. The van der Waals surface area contributed by atoms with Crippen molar-refractivity contribution in [3.05, 3.63) is 35.4 Å². The zero-order valence-electron chi connectivity index (χ0n) is 12.1. The van der Waals surface area contributed by atoms with Gasteiger partial charge in [0.1, 0.15) is 6.54 Å². The number of hydrogen-bond acceptors (Lipinski definition) is 3. The molecule has 1 rings (SSSR count). The number of carbonyl (C=O) groups excluding carboxylic acids is 1. The molecule has 0 aliphatic carbocycles. The van der Waals surface area contributed by atoms with Crippen LogP contribution in [-0.2, 0) is 10.5 Å². The fraction of sp³-hybridized carbons (Fsp3) is 0.467. The monoisotopic (exact) mass is 295 g/mol. The Morgan fingerprint density at radius 1 is 1.35 bits per heavy atom. The van der Waals surface area contributed by atoms with E-state index in [4.69, 9.17) is 5.11 Å². The van der Waals surface area contributed by atoms with Crippen molar-refractivity contribution in [1.29, 1.82) is 0 Å². The third-order valence-electron chi connectivity index (χ3n) is 2.68. The second-order valence-corrected chi connectivity index (χ2v) is 5.97. The van der Waals surface area contributed by atoms with E-state index in [-0.39, 0.29) is 18.4 Å². The van der Waals surface area contributed by atoms with Crippen LogP contribution in [0.15, 0.2) is 24.3 Å². The van der Waals surface area contributed by atoms with E-state index in [0.717, 1.165) is 11.3 Å². The van der Waals surface area contributed by atoms with E-state index in [1.807, 2.05) is 38.3 Å². The van der Waals surface area contributed by atoms with E-state index >= 15 is 0 Å². The van der Waals surface area contributed by atoms with Gasteiger partial charge in [-0.15, -0.1) is 0 Å². The number of thioether (sulfide) groups is 1. The van der Waals surface area contributed by atoms with Crippen molar-refractivity contribution in [3.63, 3.8) is 0 Å². The molecule has 0 fully saturated rings. The number of carboxylic acid groups (broad SMARTS) is 1. The molecule has 5 heteroatoms. The van der Waals surface area contributed by atoms with Gasteiger partial charge in [0, 0.05) is 17.9 Å². The first-order valence-corrected chi connectivity index (χ1v) is 7.92. The third kappa shape index (κ3) is 5.25. The summed E-state index contributed by atoms with van der Waals surface area (Å²) in [4.78, 5) is 24.7. The molecule has 0 atom stereocenters. The van der Waals surface area contributed by atoms with Crippen molar-refractivity contribution >= 4 is 23.6 Å². The van der Waals surface area contributed by atoms with Crippen molar-refractivity contribution in [1.82, 2.24) is 4.90 Å². The average Bonchev–Trinajstić information content (AvgIpc) is 2.37. The summed E-state index contributed by atoms with van der Waals surface area (Å²) in [5, 5.41) is 8.93. The van der Waals surface area contributed by atoms with Crippen molar-refractivity contribution in [2.24, 2.45) is 5.92 Å². The maximum atomic E-state index is 12.4. The molecule has 4 nitrogen and oxygen atoms in total. The molecule has 1 aromatic carbocycles. The molecule has 20 heavy (non-hydrogen) atoms. The lowest BCUT2D eigenvalue weighted by Crippen LogP contribution is -2.38. The zero-order valence-corrected chi connectivity index (χ0v) is 12.9. The summed E-state index contributed by atoms with van der Waals surface area (Å²) in [6, 6.07) is 7.39. The molecule has 0 aromatic heterocycles. The predicted octanol–water partition coefficient (Wildman–Crippen LogP) is 2.73. The maximum absolute atomic E-state index is 12.4. The van der Waals surface area contributed by atoms with Crippen LogP contribution >= 0.6 is 11.8 Å². The Kier molecular flexibility index (Phi) is 6.58. The van der Waals surface area contributed by atoms with Gasteiger partial charge in [-0.2, -0.15) is 11.8 Å². The Hall–Kier alpha value is -1.49. The number of hydrogen-bond donors (Lipinski definition) is 1. The molecular weight excluding hydrogens is 274 g/mol. The predicted molar refractivity (Wildman–Crippen MR) is 82.0 cm³/mol. The van der Waals surface area contributed by atoms with Crippen LogP contribution in [0.1, 0.15) is 29.8 Å². The fourth-order valence-corrected chi connectivity index (χ4v) is 2.48. The van der Waals surface area contributed by atoms with Gasteiger partial charge in [-0.1, -0.05) is 26.0 Å². The SMILES string of the molecule is CSCc1cccc(C(=O)N(CC(=O)O)CC(C)C)c1. The lowest BCUT2D eigenvalue weighted by Gasteiger charge is -2.23. The molecule has 0 saturated carbocycles. The minimum Gasteiger partial charge on any atom is -0.480 e. The van der Waals surface area contributed by atoms with Crippen molar-refractivity contribution < 1.29 is 14.7 Å². The van der Waals surface area contributed by atoms with Crippen LogP contribution in [0, 0.1) is 5.92 Å². The van der Waals surface area contributed by atoms with Gasteiger partial charge in [0.15, 0.2) is 0 Å². The maximum Gasteiger partial charge on any atom is 0.323 e. The summed E-state index contributed by atoms with van der Waals surface area (Å²) in [6.07, 6.45) is 2.00.